The fourth-order valence-corrected chi connectivity index (χ4v) is 4.92. The highest BCUT2D eigenvalue weighted by molar-refractivity contribution is 5.94. The molecule has 0 aromatic carbocycles. The van der Waals surface area contributed by atoms with Gasteiger partial charge in [0.05, 0.1) is 23.5 Å². The number of furan rings is 1. The number of nitrogens with zero attached hydrogens (tertiary/aromatic N) is 4. The van der Waals surface area contributed by atoms with Crippen molar-refractivity contribution in [3.8, 4) is 6.07 Å². The van der Waals surface area contributed by atoms with Crippen molar-refractivity contribution in [2.45, 2.75) is 46.1 Å². The number of hydrogen-bond donors (Lipinski definition) is 1. The SMILES string of the molecule is Cc1nc(N2CCC3(CC2)CC(O)CN(C(=O)c2ccoc2)C3)c(C#N)c(C)c1C. The van der Waals surface area contributed by atoms with Gasteiger partial charge in [-0.2, -0.15) is 5.26 Å². The second kappa shape index (κ2) is 7.77. The molecule has 0 radical (unpaired) electrons. The Balaban J connectivity index is 1.52. The van der Waals surface area contributed by atoms with Gasteiger partial charge in [0.2, 0.25) is 0 Å². The van der Waals surface area contributed by atoms with E-state index in [4.69, 9.17) is 9.40 Å². The minimum Gasteiger partial charge on any atom is -0.472 e. The van der Waals surface area contributed by atoms with Crippen LogP contribution in [-0.2, 0) is 0 Å². The molecule has 0 saturated carbocycles. The van der Waals surface area contributed by atoms with Gasteiger partial charge in [-0.25, -0.2) is 4.98 Å². The van der Waals surface area contributed by atoms with Crippen LogP contribution in [0, 0.1) is 37.5 Å². The van der Waals surface area contributed by atoms with E-state index in [1.54, 1.807) is 11.0 Å². The molecule has 2 aliphatic heterocycles. The van der Waals surface area contributed by atoms with E-state index >= 15 is 0 Å². The molecule has 2 saturated heterocycles. The molecule has 1 amide bonds. The number of aryl methyl sites for hydroxylation is 1. The first-order valence-electron chi connectivity index (χ1n) is 10.5. The molecular weight excluding hydrogens is 380 g/mol. The van der Waals surface area contributed by atoms with Crippen molar-refractivity contribution in [1.29, 1.82) is 5.26 Å². The van der Waals surface area contributed by atoms with Crippen molar-refractivity contribution in [3.05, 3.63) is 46.5 Å². The fourth-order valence-electron chi connectivity index (χ4n) is 4.92. The van der Waals surface area contributed by atoms with E-state index in [0.29, 0.717) is 30.6 Å². The summed E-state index contributed by atoms with van der Waals surface area (Å²) < 4.78 is 5.05. The largest absolute Gasteiger partial charge is 0.472 e. The van der Waals surface area contributed by atoms with E-state index < -0.39 is 6.10 Å². The van der Waals surface area contributed by atoms with E-state index in [-0.39, 0.29) is 11.3 Å². The maximum atomic E-state index is 12.8. The molecule has 2 aromatic rings. The molecule has 7 nitrogen and oxygen atoms in total. The van der Waals surface area contributed by atoms with Gasteiger partial charge in [0.25, 0.3) is 5.91 Å². The third-order valence-electron chi connectivity index (χ3n) is 6.89. The Morgan fingerprint density at radius 2 is 2.03 bits per heavy atom. The van der Waals surface area contributed by atoms with E-state index in [1.807, 2.05) is 20.8 Å². The maximum Gasteiger partial charge on any atom is 0.257 e. The Morgan fingerprint density at radius 3 is 2.67 bits per heavy atom. The van der Waals surface area contributed by atoms with Crippen molar-refractivity contribution >= 4 is 11.7 Å². The molecule has 1 atom stereocenters. The number of aliphatic hydroxyl groups is 1. The van der Waals surface area contributed by atoms with Gasteiger partial charge in [-0.15, -0.1) is 0 Å². The lowest BCUT2D eigenvalue weighted by Gasteiger charge is -2.49. The van der Waals surface area contributed by atoms with Crippen LogP contribution < -0.4 is 4.90 Å². The van der Waals surface area contributed by atoms with Crippen molar-refractivity contribution in [1.82, 2.24) is 9.88 Å². The first-order chi connectivity index (χ1) is 14.3. The molecule has 4 heterocycles. The molecule has 1 unspecified atom stereocenters. The molecule has 0 aliphatic carbocycles. The van der Waals surface area contributed by atoms with Crippen molar-refractivity contribution < 1.29 is 14.3 Å². The number of carbonyl (C=O) groups is 1. The molecule has 158 valence electrons. The Kier molecular flexibility index (Phi) is 5.29. The predicted molar refractivity (Wildman–Crippen MR) is 112 cm³/mol. The number of nitriles is 1. The van der Waals surface area contributed by atoms with E-state index in [0.717, 1.165) is 48.6 Å². The summed E-state index contributed by atoms with van der Waals surface area (Å²) in [4.78, 5) is 21.5. The number of aliphatic hydroxyl groups excluding tert-OH is 1. The second-order valence-electron chi connectivity index (χ2n) is 8.80. The molecule has 2 fully saturated rings. The normalized spacial score (nSPS) is 21.0. The summed E-state index contributed by atoms with van der Waals surface area (Å²) in [7, 11) is 0. The molecule has 1 spiro atoms. The summed E-state index contributed by atoms with van der Waals surface area (Å²) in [6.45, 7) is 8.46. The van der Waals surface area contributed by atoms with Crippen LogP contribution in [0.25, 0.3) is 0 Å². The zero-order valence-corrected chi connectivity index (χ0v) is 17.8. The highest BCUT2D eigenvalue weighted by Crippen LogP contribution is 2.41. The fraction of sp³-hybridized carbons (Fsp3) is 0.522. The lowest BCUT2D eigenvalue weighted by molar-refractivity contribution is -0.0150. The number of β-amino-alcohol motifs (C(OH)–C–C–N with tert-alkyl or cyclic N) is 1. The Labute approximate surface area is 176 Å². The first kappa shape index (κ1) is 20.4. The highest BCUT2D eigenvalue weighted by atomic mass is 16.3. The van der Waals surface area contributed by atoms with Crippen molar-refractivity contribution in [3.63, 3.8) is 0 Å². The van der Waals surface area contributed by atoms with Crippen LogP contribution in [0.3, 0.4) is 0 Å². The van der Waals surface area contributed by atoms with E-state index in [1.165, 1.54) is 12.5 Å². The molecule has 0 bridgehead atoms. The average molecular weight is 409 g/mol. The number of likely N-dealkylation sites (tertiary alicyclic amines) is 1. The number of rotatable bonds is 2. The van der Waals surface area contributed by atoms with Crippen LogP contribution >= 0.6 is 0 Å². The minimum absolute atomic E-state index is 0.0949. The lowest BCUT2D eigenvalue weighted by Crippen LogP contribution is -2.55. The van der Waals surface area contributed by atoms with Crippen LogP contribution in [0.15, 0.2) is 23.0 Å². The molecule has 1 N–H and O–H groups in total. The average Bonchev–Trinajstić information content (AvgIpc) is 3.26. The third-order valence-corrected chi connectivity index (χ3v) is 6.89. The molecule has 7 heteroatoms. The Bertz CT molecular complexity index is 985. The quantitative estimate of drug-likeness (QED) is 0.821. The van der Waals surface area contributed by atoms with Crippen LogP contribution in [0.1, 0.15) is 52.0 Å². The number of aromatic nitrogens is 1. The van der Waals surface area contributed by atoms with Gasteiger partial charge in [0.15, 0.2) is 0 Å². The highest BCUT2D eigenvalue weighted by Gasteiger charge is 2.43. The number of piperidine rings is 2. The van der Waals surface area contributed by atoms with Gasteiger partial charge in [0, 0.05) is 31.9 Å². The van der Waals surface area contributed by atoms with Gasteiger partial charge in [-0.3, -0.25) is 4.79 Å². The van der Waals surface area contributed by atoms with Gasteiger partial charge in [-0.1, -0.05) is 0 Å². The summed E-state index contributed by atoms with van der Waals surface area (Å²) in [5, 5.41) is 20.2. The zero-order chi connectivity index (χ0) is 21.5. The molecular formula is C23H28N4O3. The molecule has 2 aromatic heterocycles. The van der Waals surface area contributed by atoms with Gasteiger partial charge < -0.3 is 19.3 Å². The first-order valence-corrected chi connectivity index (χ1v) is 10.5. The monoisotopic (exact) mass is 408 g/mol. The molecule has 4 rings (SSSR count). The number of carbonyl (C=O) groups excluding carboxylic acids is 1. The number of amides is 1. The molecule has 2 aliphatic rings. The van der Waals surface area contributed by atoms with Crippen LogP contribution in [0.4, 0.5) is 5.82 Å². The van der Waals surface area contributed by atoms with Crippen LogP contribution in [0.5, 0.6) is 0 Å². The summed E-state index contributed by atoms with van der Waals surface area (Å²) in [5.41, 5.74) is 4.05. The Morgan fingerprint density at radius 1 is 1.30 bits per heavy atom. The number of pyridine rings is 1. The smallest absolute Gasteiger partial charge is 0.257 e. The van der Waals surface area contributed by atoms with Gasteiger partial charge in [-0.05, 0) is 62.6 Å². The van der Waals surface area contributed by atoms with E-state index in [9.17, 15) is 15.2 Å². The van der Waals surface area contributed by atoms with Crippen LogP contribution in [0.2, 0.25) is 0 Å². The maximum absolute atomic E-state index is 12.8. The standard InChI is InChI=1S/C23H28N4O3/c1-15-16(2)20(11-24)21(25-17(15)3)26-7-5-23(6-8-26)10-19(28)12-27(14-23)22(29)18-4-9-30-13-18/h4,9,13,19,28H,5-8,10,12,14H2,1-3H3. The minimum atomic E-state index is -0.530. The second-order valence-corrected chi connectivity index (χ2v) is 8.80. The Hall–Kier alpha value is -2.85. The number of anilines is 1. The number of hydrogen-bond acceptors (Lipinski definition) is 6. The summed E-state index contributed by atoms with van der Waals surface area (Å²) in [6, 6.07) is 4.00. The topological polar surface area (TPSA) is 93.6 Å². The summed E-state index contributed by atoms with van der Waals surface area (Å²) in [5.74, 6) is 0.665. The lowest BCUT2D eigenvalue weighted by atomic mass is 9.71. The van der Waals surface area contributed by atoms with Crippen LogP contribution in [-0.4, -0.2) is 53.2 Å². The third kappa shape index (κ3) is 3.56. The van der Waals surface area contributed by atoms with Crippen molar-refractivity contribution in [2.75, 3.05) is 31.1 Å². The molecule has 30 heavy (non-hydrogen) atoms. The summed E-state index contributed by atoms with van der Waals surface area (Å²) in [6.07, 6.45) is 4.80. The van der Waals surface area contributed by atoms with Gasteiger partial charge in [0.1, 0.15) is 18.2 Å². The zero-order valence-electron chi connectivity index (χ0n) is 17.8. The summed E-state index contributed by atoms with van der Waals surface area (Å²) >= 11 is 0. The van der Waals surface area contributed by atoms with E-state index in [2.05, 4.69) is 11.0 Å². The van der Waals surface area contributed by atoms with Gasteiger partial charge >= 0.3 is 0 Å². The predicted octanol–water partition coefficient (Wildman–Crippen LogP) is 2.97. The van der Waals surface area contributed by atoms with Crippen molar-refractivity contribution in [2.24, 2.45) is 5.41 Å².